The molecule has 1 heterocycles. The largest absolute Gasteiger partial charge is 0.314 e. The fraction of sp³-hybridized carbons (Fsp3) is 0.625. The van der Waals surface area contributed by atoms with E-state index in [4.69, 9.17) is 0 Å². The van der Waals surface area contributed by atoms with Crippen molar-refractivity contribution in [3.05, 3.63) is 29.3 Å². The van der Waals surface area contributed by atoms with Crippen LogP contribution in [0, 0.1) is 6.92 Å². The van der Waals surface area contributed by atoms with E-state index in [9.17, 15) is 8.42 Å². The lowest BCUT2D eigenvalue weighted by Gasteiger charge is -2.33. The van der Waals surface area contributed by atoms with Gasteiger partial charge in [-0.15, -0.1) is 0 Å². The number of hydrogen-bond acceptors (Lipinski definition) is 3. The molecule has 2 rings (SSSR count). The lowest BCUT2D eigenvalue weighted by Crippen LogP contribution is -2.52. The van der Waals surface area contributed by atoms with Gasteiger partial charge in [-0.05, 0) is 36.5 Å². The molecule has 0 unspecified atom stereocenters. The van der Waals surface area contributed by atoms with E-state index in [1.165, 1.54) is 0 Å². The maximum absolute atomic E-state index is 13.0. The molecule has 1 N–H and O–H groups in total. The minimum atomic E-state index is -3.43. The summed E-state index contributed by atoms with van der Waals surface area (Å²) < 4.78 is 27.6. The van der Waals surface area contributed by atoms with Crippen LogP contribution in [0.1, 0.15) is 38.8 Å². The number of nitrogens with zero attached hydrogens (tertiary/aromatic N) is 1. The SMILES string of the molecule is Cc1ccc(C(C)(C)C)cc1S(=O)(=O)N1CCNC[C@@H]1C. The van der Waals surface area contributed by atoms with E-state index >= 15 is 0 Å². The fourth-order valence-corrected chi connectivity index (χ4v) is 4.53. The first-order valence-electron chi connectivity index (χ1n) is 7.48. The van der Waals surface area contributed by atoms with Crippen LogP contribution in [-0.2, 0) is 15.4 Å². The van der Waals surface area contributed by atoms with Crippen molar-refractivity contribution < 1.29 is 8.42 Å². The molecule has 1 aromatic rings. The first kappa shape index (κ1) is 16.5. The molecule has 1 fully saturated rings. The molecule has 1 aliphatic rings. The zero-order valence-corrected chi connectivity index (χ0v) is 14.4. The number of piperazine rings is 1. The number of nitrogens with one attached hydrogen (secondary N) is 1. The van der Waals surface area contributed by atoms with Crippen LogP contribution in [0.2, 0.25) is 0 Å². The minimum absolute atomic E-state index is 0.0126. The Morgan fingerprint density at radius 2 is 1.95 bits per heavy atom. The first-order chi connectivity index (χ1) is 9.64. The highest BCUT2D eigenvalue weighted by Gasteiger charge is 2.32. The third kappa shape index (κ3) is 3.30. The van der Waals surface area contributed by atoms with E-state index in [2.05, 4.69) is 26.1 Å². The van der Waals surface area contributed by atoms with Crippen molar-refractivity contribution in [2.45, 2.75) is 51.0 Å². The van der Waals surface area contributed by atoms with Crippen LogP contribution >= 0.6 is 0 Å². The maximum Gasteiger partial charge on any atom is 0.243 e. The van der Waals surface area contributed by atoms with Crippen molar-refractivity contribution in [3.8, 4) is 0 Å². The van der Waals surface area contributed by atoms with Crippen LogP contribution in [0.3, 0.4) is 0 Å². The van der Waals surface area contributed by atoms with Gasteiger partial charge in [0.05, 0.1) is 4.90 Å². The molecule has 1 saturated heterocycles. The van der Waals surface area contributed by atoms with Crippen molar-refractivity contribution in [2.75, 3.05) is 19.6 Å². The predicted octanol–water partition coefficient (Wildman–Crippen LogP) is 2.27. The van der Waals surface area contributed by atoms with Crippen LogP contribution < -0.4 is 5.32 Å². The zero-order chi connectivity index (χ0) is 15.8. The molecular weight excluding hydrogens is 284 g/mol. The number of aryl methyl sites for hydroxylation is 1. The Kier molecular flexibility index (Phi) is 4.47. The van der Waals surface area contributed by atoms with Gasteiger partial charge in [-0.2, -0.15) is 4.31 Å². The number of sulfonamides is 1. The van der Waals surface area contributed by atoms with Crippen LogP contribution in [0.4, 0.5) is 0 Å². The lowest BCUT2D eigenvalue weighted by atomic mass is 9.87. The summed E-state index contributed by atoms with van der Waals surface area (Å²) >= 11 is 0. The maximum atomic E-state index is 13.0. The van der Waals surface area contributed by atoms with Crippen molar-refractivity contribution in [1.82, 2.24) is 9.62 Å². The van der Waals surface area contributed by atoms with Crippen molar-refractivity contribution in [3.63, 3.8) is 0 Å². The summed E-state index contributed by atoms with van der Waals surface area (Å²) in [5.74, 6) is 0. The monoisotopic (exact) mass is 310 g/mol. The van der Waals surface area contributed by atoms with E-state index in [1.54, 1.807) is 4.31 Å². The van der Waals surface area contributed by atoms with Crippen LogP contribution in [0.15, 0.2) is 23.1 Å². The average Bonchev–Trinajstić information content (AvgIpc) is 2.37. The Morgan fingerprint density at radius 1 is 1.29 bits per heavy atom. The fourth-order valence-electron chi connectivity index (χ4n) is 2.65. The summed E-state index contributed by atoms with van der Waals surface area (Å²) in [6.45, 7) is 12.1. The van der Waals surface area contributed by atoms with Gasteiger partial charge in [-0.1, -0.05) is 32.9 Å². The Bertz CT molecular complexity index is 618. The quantitative estimate of drug-likeness (QED) is 0.911. The zero-order valence-electron chi connectivity index (χ0n) is 13.6. The van der Waals surface area contributed by atoms with Gasteiger partial charge >= 0.3 is 0 Å². The van der Waals surface area contributed by atoms with E-state index < -0.39 is 10.0 Å². The average molecular weight is 310 g/mol. The molecule has 0 bridgehead atoms. The standard InChI is InChI=1S/C16H26N2O2S/c1-12-6-7-14(16(3,4)5)10-15(12)21(19,20)18-9-8-17-11-13(18)2/h6-7,10,13,17H,8-9,11H2,1-5H3/t13-/m0/s1. The minimum Gasteiger partial charge on any atom is -0.314 e. The van der Waals surface area contributed by atoms with Crippen LogP contribution in [0.5, 0.6) is 0 Å². The second-order valence-electron chi connectivity index (χ2n) is 6.90. The molecule has 4 nitrogen and oxygen atoms in total. The van der Waals surface area contributed by atoms with E-state index in [-0.39, 0.29) is 11.5 Å². The molecule has 118 valence electrons. The summed E-state index contributed by atoms with van der Waals surface area (Å²) in [5, 5.41) is 3.23. The summed E-state index contributed by atoms with van der Waals surface area (Å²) in [5.41, 5.74) is 1.80. The molecule has 21 heavy (non-hydrogen) atoms. The summed E-state index contributed by atoms with van der Waals surface area (Å²) in [6, 6.07) is 5.77. The molecule has 0 aromatic heterocycles. The van der Waals surface area contributed by atoms with E-state index in [0.717, 1.165) is 11.1 Å². The molecule has 5 heteroatoms. The van der Waals surface area contributed by atoms with Crippen LogP contribution in [0.25, 0.3) is 0 Å². The van der Waals surface area contributed by atoms with Crippen LogP contribution in [-0.4, -0.2) is 38.4 Å². The first-order valence-corrected chi connectivity index (χ1v) is 8.92. The molecule has 1 aliphatic heterocycles. The predicted molar refractivity (Wildman–Crippen MR) is 86.1 cm³/mol. The molecule has 1 atom stereocenters. The molecule has 0 saturated carbocycles. The smallest absolute Gasteiger partial charge is 0.243 e. The van der Waals surface area contributed by atoms with Crippen molar-refractivity contribution >= 4 is 10.0 Å². The number of benzene rings is 1. The van der Waals surface area contributed by atoms with Gasteiger partial charge in [0.15, 0.2) is 0 Å². The van der Waals surface area contributed by atoms with E-state index in [0.29, 0.717) is 24.5 Å². The third-order valence-corrected chi connectivity index (χ3v) is 6.24. The Balaban J connectivity index is 2.49. The van der Waals surface area contributed by atoms with Gasteiger partial charge in [-0.3, -0.25) is 0 Å². The van der Waals surface area contributed by atoms with Gasteiger partial charge in [-0.25, -0.2) is 8.42 Å². The highest BCUT2D eigenvalue weighted by molar-refractivity contribution is 7.89. The topological polar surface area (TPSA) is 49.4 Å². The molecule has 1 aromatic carbocycles. The number of hydrogen-bond donors (Lipinski definition) is 1. The number of rotatable bonds is 2. The van der Waals surface area contributed by atoms with Gasteiger partial charge in [0, 0.05) is 25.7 Å². The van der Waals surface area contributed by atoms with Crippen molar-refractivity contribution in [1.29, 1.82) is 0 Å². The Morgan fingerprint density at radius 3 is 2.52 bits per heavy atom. The molecule has 0 aliphatic carbocycles. The van der Waals surface area contributed by atoms with Crippen molar-refractivity contribution in [2.24, 2.45) is 0 Å². The van der Waals surface area contributed by atoms with Gasteiger partial charge in [0.2, 0.25) is 10.0 Å². The van der Waals surface area contributed by atoms with Gasteiger partial charge in [0.25, 0.3) is 0 Å². The summed E-state index contributed by atoms with van der Waals surface area (Å²) in [4.78, 5) is 0.448. The molecule has 0 radical (unpaired) electrons. The van der Waals surface area contributed by atoms with E-state index in [1.807, 2.05) is 32.0 Å². The molecule has 0 amide bonds. The second-order valence-corrected chi connectivity index (χ2v) is 8.76. The van der Waals surface area contributed by atoms with Gasteiger partial charge < -0.3 is 5.32 Å². The third-order valence-electron chi connectivity index (χ3n) is 4.08. The Hall–Kier alpha value is -0.910. The summed E-state index contributed by atoms with van der Waals surface area (Å²) in [6.07, 6.45) is 0. The molecular formula is C16H26N2O2S. The second kappa shape index (κ2) is 5.71. The summed E-state index contributed by atoms with van der Waals surface area (Å²) in [7, 11) is -3.43. The molecule has 0 spiro atoms. The Labute approximate surface area is 128 Å². The normalized spacial score (nSPS) is 21.5. The highest BCUT2D eigenvalue weighted by Crippen LogP contribution is 2.29. The highest BCUT2D eigenvalue weighted by atomic mass is 32.2. The lowest BCUT2D eigenvalue weighted by molar-refractivity contribution is 0.283. The van der Waals surface area contributed by atoms with Gasteiger partial charge in [0.1, 0.15) is 0 Å².